The highest BCUT2D eigenvalue weighted by Gasteiger charge is 2.44. The lowest BCUT2D eigenvalue weighted by Gasteiger charge is -2.47. The molecule has 0 radical (unpaired) electrons. The minimum absolute atomic E-state index is 0.148. The first kappa shape index (κ1) is 34.3. The van der Waals surface area contributed by atoms with Gasteiger partial charge in [-0.25, -0.2) is 0 Å². The molecular weight excluding hydrogens is 534 g/mol. The van der Waals surface area contributed by atoms with Crippen LogP contribution in [0, 0.1) is 6.92 Å². The average molecular weight is 582 g/mol. The molecule has 2 aromatic carbocycles. The van der Waals surface area contributed by atoms with E-state index in [2.05, 4.69) is 10.2 Å². The summed E-state index contributed by atoms with van der Waals surface area (Å²) in [6.45, 7) is 9.59. The number of hydrogen-bond donors (Lipinski definition) is 2. The molecule has 2 aliphatic rings. The van der Waals surface area contributed by atoms with Crippen molar-refractivity contribution in [2.24, 2.45) is 5.73 Å². The third-order valence-electron chi connectivity index (χ3n) is 7.74. The van der Waals surface area contributed by atoms with Crippen molar-refractivity contribution in [3.63, 3.8) is 0 Å². The number of carbonyl (C=O) groups excluding carboxylic acids is 4. The highest BCUT2D eigenvalue weighted by Crippen LogP contribution is 2.31. The van der Waals surface area contributed by atoms with Crippen LogP contribution in [0.1, 0.15) is 67.4 Å². The van der Waals surface area contributed by atoms with Crippen LogP contribution in [-0.4, -0.2) is 85.2 Å². The Morgan fingerprint density at radius 2 is 1.62 bits per heavy atom. The van der Waals surface area contributed by atoms with Crippen LogP contribution in [0.25, 0.3) is 0 Å². The number of likely N-dealkylation sites (tertiary alicyclic amines) is 2. The summed E-state index contributed by atoms with van der Waals surface area (Å²) in [7, 11) is 3.35. The van der Waals surface area contributed by atoms with E-state index in [1.54, 1.807) is 36.1 Å². The van der Waals surface area contributed by atoms with Gasteiger partial charge in [-0.2, -0.15) is 0 Å². The van der Waals surface area contributed by atoms with E-state index in [4.69, 9.17) is 10.5 Å². The van der Waals surface area contributed by atoms with Crippen molar-refractivity contribution in [3.8, 4) is 5.75 Å². The molecule has 0 aliphatic carbocycles. The Kier molecular flexibility index (Phi) is 14.0. The smallest absolute Gasteiger partial charge is 0.256 e. The number of anilines is 1. The van der Waals surface area contributed by atoms with E-state index >= 15 is 0 Å². The Labute approximate surface area is 250 Å². The highest BCUT2D eigenvalue weighted by atomic mass is 16.5. The molecule has 2 aliphatic heterocycles. The summed E-state index contributed by atoms with van der Waals surface area (Å²) in [6, 6.07) is 12.9. The largest absolute Gasteiger partial charge is 0.497 e. The summed E-state index contributed by atoms with van der Waals surface area (Å²) in [5.74, 6) is 0.411. The quantitative estimate of drug-likeness (QED) is 0.434. The predicted molar refractivity (Wildman–Crippen MR) is 165 cm³/mol. The maximum absolute atomic E-state index is 12.6. The molecule has 0 spiro atoms. The number of benzene rings is 2. The number of aryl methyl sites for hydroxylation is 1. The summed E-state index contributed by atoms with van der Waals surface area (Å²) in [6.07, 6.45) is 6.34. The van der Waals surface area contributed by atoms with Crippen molar-refractivity contribution in [2.75, 3.05) is 45.7 Å². The van der Waals surface area contributed by atoms with Gasteiger partial charge in [0.2, 0.25) is 18.7 Å². The standard InChI is InChI=1S/C18H20N2O3.C12H21N3O2.C2H6/c1-13-4-9-16(17(10-13)19-12-21)18(22)20(2)11-14-5-7-15(23-3)8-6-14;13-11(17)12(15-6-2-1-3-7-15)4-8-14(10-16)9-5-12;1-2/h4-10,12H,11H2,1-3H3,(H,19,21);10H,1-9H2,(H2,13,17);1-2H3. The second-order valence-electron chi connectivity index (χ2n) is 10.4. The first-order chi connectivity index (χ1) is 20.2. The van der Waals surface area contributed by atoms with Gasteiger partial charge in [0, 0.05) is 26.7 Å². The highest BCUT2D eigenvalue weighted by molar-refractivity contribution is 6.01. The lowest BCUT2D eigenvalue weighted by molar-refractivity contribution is -0.137. The predicted octanol–water partition coefficient (Wildman–Crippen LogP) is 3.82. The van der Waals surface area contributed by atoms with E-state index in [9.17, 15) is 19.2 Å². The molecule has 2 saturated heterocycles. The number of nitrogens with one attached hydrogen (secondary N) is 1. The summed E-state index contributed by atoms with van der Waals surface area (Å²) in [4.78, 5) is 51.5. The van der Waals surface area contributed by atoms with Crippen LogP contribution < -0.4 is 15.8 Å². The fraction of sp³-hybridized carbons (Fsp3) is 0.500. The van der Waals surface area contributed by atoms with Gasteiger partial charge in [0.25, 0.3) is 5.91 Å². The van der Waals surface area contributed by atoms with Crippen molar-refractivity contribution in [3.05, 3.63) is 59.2 Å². The van der Waals surface area contributed by atoms with Crippen LogP contribution in [0.3, 0.4) is 0 Å². The first-order valence-electron chi connectivity index (χ1n) is 14.7. The van der Waals surface area contributed by atoms with E-state index in [0.717, 1.165) is 49.2 Å². The minimum Gasteiger partial charge on any atom is -0.497 e. The molecule has 2 heterocycles. The number of nitrogens with two attached hydrogens (primary N) is 1. The zero-order valence-corrected chi connectivity index (χ0v) is 25.7. The molecule has 0 bridgehead atoms. The van der Waals surface area contributed by atoms with Gasteiger partial charge in [-0.3, -0.25) is 24.1 Å². The number of rotatable bonds is 9. The van der Waals surface area contributed by atoms with Gasteiger partial charge < -0.3 is 25.6 Å². The molecule has 0 saturated carbocycles. The molecule has 230 valence electrons. The number of primary amides is 1. The summed E-state index contributed by atoms with van der Waals surface area (Å²) < 4.78 is 5.12. The van der Waals surface area contributed by atoms with Gasteiger partial charge in [-0.1, -0.05) is 38.5 Å². The van der Waals surface area contributed by atoms with Gasteiger partial charge in [0.1, 0.15) is 11.3 Å². The van der Waals surface area contributed by atoms with Gasteiger partial charge >= 0.3 is 0 Å². The topological polar surface area (TPSA) is 125 Å². The molecule has 3 N–H and O–H groups in total. The normalized spacial score (nSPS) is 16.0. The first-order valence-corrected chi connectivity index (χ1v) is 14.7. The number of hydrogen-bond acceptors (Lipinski definition) is 6. The number of ether oxygens (including phenoxy) is 1. The van der Waals surface area contributed by atoms with Crippen LogP contribution in [0.2, 0.25) is 0 Å². The molecule has 10 nitrogen and oxygen atoms in total. The molecule has 4 amide bonds. The zero-order valence-electron chi connectivity index (χ0n) is 25.7. The van der Waals surface area contributed by atoms with Crippen LogP contribution in [-0.2, 0) is 20.9 Å². The lowest BCUT2D eigenvalue weighted by Crippen LogP contribution is -2.63. The fourth-order valence-electron chi connectivity index (χ4n) is 5.35. The van der Waals surface area contributed by atoms with Crippen LogP contribution >= 0.6 is 0 Å². The molecule has 0 unspecified atom stereocenters. The molecule has 2 aromatic rings. The molecule has 4 rings (SSSR count). The molecule has 42 heavy (non-hydrogen) atoms. The lowest BCUT2D eigenvalue weighted by atomic mass is 9.83. The van der Waals surface area contributed by atoms with Gasteiger partial charge in [0.15, 0.2) is 0 Å². The molecule has 0 aromatic heterocycles. The van der Waals surface area contributed by atoms with E-state index < -0.39 is 5.54 Å². The third kappa shape index (κ3) is 9.04. The second-order valence-corrected chi connectivity index (χ2v) is 10.4. The Morgan fingerprint density at radius 1 is 1.00 bits per heavy atom. The summed E-state index contributed by atoms with van der Waals surface area (Å²) in [5.41, 5.74) is 8.10. The van der Waals surface area contributed by atoms with E-state index in [0.29, 0.717) is 50.1 Å². The van der Waals surface area contributed by atoms with Crippen LogP contribution in [0.4, 0.5) is 5.69 Å². The SMILES string of the molecule is CC.COc1ccc(CN(C)C(=O)c2ccc(C)cc2NC=O)cc1.NC(=O)C1(N2CCCCC2)CCN(C=O)CC1. The average Bonchev–Trinajstić information content (AvgIpc) is 3.03. The van der Waals surface area contributed by atoms with E-state index in [1.165, 1.54) is 6.42 Å². The van der Waals surface area contributed by atoms with Crippen LogP contribution in [0.15, 0.2) is 42.5 Å². The van der Waals surface area contributed by atoms with Gasteiger partial charge in [-0.15, -0.1) is 0 Å². The number of methoxy groups -OCH3 is 1. The number of carbonyl (C=O) groups is 4. The molecule has 10 heteroatoms. The van der Waals surface area contributed by atoms with Crippen molar-refractivity contribution >= 4 is 30.3 Å². The van der Waals surface area contributed by atoms with Gasteiger partial charge in [-0.05, 0) is 81.1 Å². The Morgan fingerprint density at radius 3 is 2.14 bits per heavy atom. The van der Waals surface area contributed by atoms with Crippen molar-refractivity contribution < 1.29 is 23.9 Å². The van der Waals surface area contributed by atoms with Crippen molar-refractivity contribution in [1.29, 1.82) is 0 Å². The van der Waals surface area contributed by atoms with Crippen molar-refractivity contribution in [1.82, 2.24) is 14.7 Å². The Balaban J connectivity index is 0.000000288. The Hall–Kier alpha value is -3.92. The molecule has 0 atom stereocenters. The summed E-state index contributed by atoms with van der Waals surface area (Å²) in [5, 5.41) is 2.59. The maximum atomic E-state index is 12.6. The van der Waals surface area contributed by atoms with Crippen molar-refractivity contribution in [2.45, 2.75) is 65.0 Å². The number of nitrogens with zero attached hydrogens (tertiary/aromatic N) is 3. The van der Waals surface area contributed by atoms with E-state index in [-0.39, 0.29) is 11.8 Å². The van der Waals surface area contributed by atoms with Gasteiger partial charge in [0.05, 0.1) is 18.4 Å². The fourth-order valence-corrected chi connectivity index (χ4v) is 5.35. The zero-order chi connectivity index (χ0) is 31.1. The van der Waals surface area contributed by atoms with E-state index in [1.807, 2.05) is 51.1 Å². The third-order valence-corrected chi connectivity index (χ3v) is 7.74. The number of piperidine rings is 2. The molecule has 2 fully saturated rings. The minimum atomic E-state index is -0.500. The second kappa shape index (κ2) is 17.1. The molecular formula is C32H47N5O5. The maximum Gasteiger partial charge on any atom is 0.256 e. The summed E-state index contributed by atoms with van der Waals surface area (Å²) >= 11 is 0. The van der Waals surface area contributed by atoms with Crippen LogP contribution in [0.5, 0.6) is 5.75 Å². The Bertz CT molecular complexity index is 1160. The number of amides is 4. The monoisotopic (exact) mass is 581 g/mol.